The van der Waals surface area contributed by atoms with Gasteiger partial charge in [-0.2, -0.15) is 5.10 Å². The van der Waals surface area contributed by atoms with Gasteiger partial charge in [-0.15, -0.1) is 0 Å². The van der Waals surface area contributed by atoms with Gasteiger partial charge in [0.15, 0.2) is 0 Å². The van der Waals surface area contributed by atoms with Crippen LogP contribution in [0.3, 0.4) is 0 Å². The molecule has 0 unspecified atom stereocenters. The van der Waals surface area contributed by atoms with Gasteiger partial charge in [0.05, 0.1) is 5.60 Å². The van der Waals surface area contributed by atoms with Crippen LogP contribution in [0.2, 0.25) is 0 Å². The largest absolute Gasteiger partial charge is 0.388 e. The van der Waals surface area contributed by atoms with E-state index in [4.69, 9.17) is 4.74 Å². The van der Waals surface area contributed by atoms with Gasteiger partial charge >= 0.3 is 0 Å². The Morgan fingerprint density at radius 1 is 1.44 bits per heavy atom. The van der Waals surface area contributed by atoms with Gasteiger partial charge < -0.3 is 15.2 Å². The van der Waals surface area contributed by atoms with Crippen LogP contribution in [0.4, 0.5) is 0 Å². The fraction of sp³-hybridized carbons (Fsp3) is 0.727. The molecule has 0 radical (unpaired) electrons. The monoisotopic (exact) mass is 255 g/mol. The maximum absolute atomic E-state index is 11.8. The van der Waals surface area contributed by atoms with E-state index in [9.17, 15) is 14.7 Å². The van der Waals surface area contributed by atoms with Crippen molar-refractivity contribution in [2.75, 3.05) is 19.8 Å². The molecule has 0 spiro atoms. The quantitative estimate of drug-likeness (QED) is 0.596. The van der Waals surface area contributed by atoms with Gasteiger partial charge in [-0.25, -0.2) is 5.43 Å². The van der Waals surface area contributed by atoms with Crippen molar-refractivity contribution in [2.24, 2.45) is 5.10 Å². The Morgan fingerprint density at radius 2 is 2.17 bits per heavy atom. The Bertz CT molecular complexity index is 374. The number of carbonyl (C=O) groups is 2. The fourth-order valence-corrected chi connectivity index (χ4v) is 1.91. The van der Waals surface area contributed by atoms with Crippen LogP contribution in [-0.4, -0.2) is 48.0 Å². The van der Waals surface area contributed by atoms with E-state index < -0.39 is 5.60 Å². The average molecular weight is 255 g/mol. The first kappa shape index (κ1) is 13.0. The smallest absolute Gasteiger partial charge is 0.267 e. The van der Waals surface area contributed by atoms with Crippen molar-refractivity contribution >= 4 is 17.5 Å². The highest BCUT2D eigenvalue weighted by atomic mass is 16.5. The van der Waals surface area contributed by atoms with Gasteiger partial charge in [0.25, 0.3) is 5.91 Å². The lowest BCUT2D eigenvalue weighted by Gasteiger charge is -2.32. The van der Waals surface area contributed by atoms with E-state index in [1.165, 1.54) is 0 Å². The lowest BCUT2D eigenvalue weighted by Crippen LogP contribution is -2.48. The van der Waals surface area contributed by atoms with E-state index in [-0.39, 0.29) is 24.8 Å². The summed E-state index contributed by atoms with van der Waals surface area (Å²) in [6.07, 6.45) is 1.62. The minimum atomic E-state index is -0.896. The zero-order valence-electron chi connectivity index (χ0n) is 10.1. The maximum atomic E-state index is 11.8. The molecular formula is C11H17N3O4. The van der Waals surface area contributed by atoms with Crippen LogP contribution in [0, 0.1) is 0 Å². The molecule has 2 heterocycles. The number of ether oxygens (including phenoxy) is 1. The van der Waals surface area contributed by atoms with Gasteiger partial charge in [-0.05, 0) is 0 Å². The summed E-state index contributed by atoms with van der Waals surface area (Å²) >= 11 is 0. The number of aliphatic hydroxyl groups is 1. The SMILES string of the molecule is O=C1CCC(C(=O)NCC2(O)CCOCC2)=NN1. The predicted molar refractivity (Wildman–Crippen MR) is 62.8 cm³/mol. The third-order valence-electron chi connectivity index (χ3n) is 3.17. The van der Waals surface area contributed by atoms with E-state index >= 15 is 0 Å². The summed E-state index contributed by atoms with van der Waals surface area (Å²) < 4.78 is 5.16. The summed E-state index contributed by atoms with van der Waals surface area (Å²) in [4.78, 5) is 22.6. The summed E-state index contributed by atoms with van der Waals surface area (Å²) in [7, 11) is 0. The lowest BCUT2D eigenvalue weighted by molar-refractivity contribution is -0.121. The Balaban J connectivity index is 1.82. The highest BCUT2D eigenvalue weighted by Gasteiger charge is 2.30. The van der Waals surface area contributed by atoms with E-state index in [0.29, 0.717) is 38.2 Å². The van der Waals surface area contributed by atoms with Crippen LogP contribution >= 0.6 is 0 Å². The Labute approximate surface area is 105 Å². The molecule has 2 aliphatic rings. The summed E-state index contributed by atoms with van der Waals surface area (Å²) in [5, 5.41) is 16.5. The van der Waals surface area contributed by atoms with Crippen molar-refractivity contribution in [1.29, 1.82) is 0 Å². The van der Waals surface area contributed by atoms with E-state index in [1.807, 2.05) is 0 Å². The molecule has 2 amide bonds. The number of hydrazone groups is 1. The van der Waals surface area contributed by atoms with Crippen LogP contribution in [-0.2, 0) is 14.3 Å². The molecule has 100 valence electrons. The van der Waals surface area contributed by atoms with E-state index in [0.717, 1.165) is 0 Å². The zero-order chi connectivity index (χ0) is 13.0. The molecule has 0 saturated carbocycles. The van der Waals surface area contributed by atoms with Crippen LogP contribution < -0.4 is 10.7 Å². The minimum absolute atomic E-state index is 0.183. The molecular weight excluding hydrogens is 238 g/mol. The number of amides is 2. The Kier molecular flexibility index (Phi) is 3.93. The molecule has 18 heavy (non-hydrogen) atoms. The second-order valence-electron chi connectivity index (χ2n) is 4.61. The summed E-state index contributed by atoms with van der Waals surface area (Å²) in [5.74, 6) is -0.524. The molecule has 1 saturated heterocycles. The van der Waals surface area contributed by atoms with Crippen molar-refractivity contribution in [3.63, 3.8) is 0 Å². The van der Waals surface area contributed by atoms with Crippen molar-refractivity contribution in [1.82, 2.24) is 10.7 Å². The molecule has 0 aromatic carbocycles. The molecule has 2 aliphatic heterocycles. The highest BCUT2D eigenvalue weighted by molar-refractivity contribution is 6.39. The van der Waals surface area contributed by atoms with Gasteiger partial charge in [0.1, 0.15) is 5.71 Å². The van der Waals surface area contributed by atoms with Crippen molar-refractivity contribution in [2.45, 2.75) is 31.3 Å². The number of carbonyl (C=O) groups excluding carboxylic acids is 2. The summed E-state index contributed by atoms with van der Waals surface area (Å²) in [6, 6.07) is 0. The number of nitrogens with zero attached hydrogens (tertiary/aromatic N) is 1. The van der Waals surface area contributed by atoms with Crippen LogP contribution in [0.5, 0.6) is 0 Å². The predicted octanol–water partition coefficient (Wildman–Crippen LogP) is -1.09. The zero-order valence-corrected chi connectivity index (χ0v) is 10.1. The normalized spacial score (nSPS) is 22.9. The molecule has 0 atom stereocenters. The lowest BCUT2D eigenvalue weighted by atomic mass is 9.94. The number of hydrogen-bond donors (Lipinski definition) is 3. The first-order valence-corrected chi connectivity index (χ1v) is 6.03. The summed E-state index contributed by atoms with van der Waals surface area (Å²) in [5.41, 5.74) is 1.67. The molecule has 1 fully saturated rings. The molecule has 3 N–H and O–H groups in total. The van der Waals surface area contributed by atoms with Crippen molar-refractivity contribution in [3.05, 3.63) is 0 Å². The van der Waals surface area contributed by atoms with Gasteiger partial charge in [0, 0.05) is 45.4 Å². The van der Waals surface area contributed by atoms with Crippen molar-refractivity contribution < 1.29 is 19.4 Å². The third-order valence-corrected chi connectivity index (χ3v) is 3.17. The first-order valence-electron chi connectivity index (χ1n) is 6.03. The van der Waals surface area contributed by atoms with Crippen molar-refractivity contribution in [3.8, 4) is 0 Å². The third kappa shape index (κ3) is 3.27. The number of nitrogens with one attached hydrogen (secondary N) is 2. The average Bonchev–Trinajstić information content (AvgIpc) is 2.38. The number of rotatable bonds is 3. The van der Waals surface area contributed by atoms with Crippen LogP contribution in [0.1, 0.15) is 25.7 Å². The number of hydrogen-bond acceptors (Lipinski definition) is 5. The topological polar surface area (TPSA) is 100 Å². The Morgan fingerprint density at radius 3 is 2.78 bits per heavy atom. The second-order valence-corrected chi connectivity index (χ2v) is 4.61. The van der Waals surface area contributed by atoms with E-state index in [2.05, 4.69) is 15.8 Å². The minimum Gasteiger partial charge on any atom is -0.388 e. The molecule has 0 aliphatic carbocycles. The van der Waals surface area contributed by atoms with Gasteiger partial charge in [-0.1, -0.05) is 0 Å². The van der Waals surface area contributed by atoms with E-state index in [1.54, 1.807) is 0 Å². The van der Waals surface area contributed by atoms with Crippen LogP contribution in [0.15, 0.2) is 5.10 Å². The molecule has 7 nitrogen and oxygen atoms in total. The first-order chi connectivity index (χ1) is 8.59. The summed E-state index contributed by atoms with van der Waals surface area (Å²) in [6.45, 7) is 1.19. The molecule has 0 aromatic rings. The fourth-order valence-electron chi connectivity index (χ4n) is 1.91. The highest BCUT2D eigenvalue weighted by Crippen LogP contribution is 2.19. The molecule has 7 heteroatoms. The second kappa shape index (κ2) is 5.45. The van der Waals surface area contributed by atoms with Crippen LogP contribution in [0.25, 0.3) is 0 Å². The maximum Gasteiger partial charge on any atom is 0.267 e. The Hall–Kier alpha value is -1.47. The van der Waals surface area contributed by atoms with Gasteiger partial charge in [0.2, 0.25) is 5.91 Å². The molecule has 0 aromatic heterocycles. The van der Waals surface area contributed by atoms with Gasteiger partial charge in [-0.3, -0.25) is 9.59 Å². The standard InChI is InChI=1S/C11H17N3O4/c15-9-2-1-8(13-14-9)10(16)12-7-11(17)3-5-18-6-4-11/h17H,1-7H2,(H,12,16)(H,14,15). The molecule has 0 bridgehead atoms. The molecule has 2 rings (SSSR count).